The average molecular weight is 214 g/mol. The quantitative estimate of drug-likeness (QED) is 0.530. The highest BCUT2D eigenvalue weighted by Gasteiger charge is 2.27. The Kier molecular flexibility index (Phi) is 2.56. The lowest BCUT2D eigenvalue weighted by molar-refractivity contribution is -0.120. The van der Waals surface area contributed by atoms with Crippen LogP contribution in [0, 0.1) is 18.4 Å². The molecule has 1 heterocycles. The van der Waals surface area contributed by atoms with Crippen LogP contribution in [-0.4, -0.2) is 11.9 Å². The third-order valence-corrected chi connectivity index (χ3v) is 2.32. The van der Waals surface area contributed by atoms with Gasteiger partial charge in [-0.3, -0.25) is 15.4 Å². The first-order valence-electron chi connectivity index (χ1n) is 4.81. The van der Waals surface area contributed by atoms with E-state index < -0.39 is 6.04 Å². The van der Waals surface area contributed by atoms with E-state index in [1.807, 2.05) is 31.2 Å². The predicted molar refractivity (Wildman–Crippen MR) is 58.2 cm³/mol. The smallest absolute Gasteiger partial charge is 0.256 e. The summed E-state index contributed by atoms with van der Waals surface area (Å²) >= 11 is 0. The van der Waals surface area contributed by atoms with Crippen molar-refractivity contribution >= 4 is 11.9 Å². The van der Waals surface area contributed by atoms with Gasteiger partial charge in [0.15, 0.2) is 12.2 Å². The third kappa shape index (κ3) is 1.86. The topological polar surface area (TPSA) is 77.3 Å². The first kappa shape index (κ1) is 10.2. The minimum Gasteiger partial charge on any atom is -0.294 e. The van der Waals surface area contributed by atoms with Crippen LogP contribution in [0.15, 0.2) is 29.3 Å². The molecule has 2 rings (SSSR count). The average Bonchev–Trinajstić information content (AvgIpc) is 2.61. The summed E-state index contributed by atoms with van der Waals surface area (Å²) in [6.45, 7) is 1.98. The summed E-state index contributed by atoms with van der Waals surface area (Å²) in [5.74, 6) is -0.0142. The van der Waals surface area contributed by atoms with Crippen LogP contribution in [0.25, 0.3) is 0 Å². The van der Waals surface area contributed by atoms with Crippen molar-refractivity contribution in [2.24, 2.45) is 4.99 Å². The zero-order valence-electron chi connectivity index (χ0n) is 8.69. The molecule has 1 unspecified atom stereocenters. The van der Waals surface area contributed by atoms with Crippen molar-refractivity contribution in [3.63, 3.8) is 0 Å². The summed E-state index contributed by atoms with van der Waals surface area (Å²) in [7, 11) is 0. The molecular weight excluding hydrogens is 204 g/mol. The Balaban J connectivity index is 2.25. The first-order valence-corrected chi connectivity index (χ1v) is 4.81. The number of guanidine groups is 1. The molecule has 80 valence electrons. The molecule has 5 nitrogen and oxygen atoms in total. The van der Waals surface area contributed by atoms with Crippen LogP contribution in [0.2, 0.25) is 0 Å². The van der Waals surface area contributed by atoms with E-state index in [2.05, 4.69) is 15.6 Å². The molecule has 0 aliphatic carbocycles. The maximum atomic E-state index is 11.6. The summed E-state index contributed by atoms with van der Waals surface area (Å²) in [6.07, 6.45) is 1.72. The summed E-state index contributed by atoms with van der Waals surface area (Å²) in [6, 6.07) is 7.01. The lowest BCUT2D eigenvalue weighted by atomic mass is 10.1. The van der Waals surface area contributed by atoms with Gasteiger partial charge in [-0.2, -0.15) is 5.26 Å². The van der Waals surface area contributed by atoms with Gasteiger partial charge in [0, 0.05) is 0 Å². The SMILES string of the molecule is Cc1ccc(C2N=C(NC#N)NC2=O)cc1. The Morgan fingerprint density at radius 3 is 2.75 bits per heavy atom. The van der Waals surface area contributed by atoms with Crippen LogP contribution in [-0.2, 0) is 4.79 Å². The predicted octanol–water partition coefficient (Wildman–Crippen LogP) is 0.593. The van der Waals surface area contributed by atoms with Gasteiger partial charge in [-0.25, -0.2) is 4.99 Å². The van der Waals surface area contributed by atoms with Crippen LogP contribution in [0.3, 0.4) is 0 Å². The van der Waals surface area contributed by atoms with Crippen molar-refractivity contribution in [2.75, 3.05) is 0 Å². The largest absolute Gasteiger partial charge is 0.294 e. The number of hydrogen-bond donors (Lipinski definition) is 2. The molecule has 16 heavy (non-hydrogen) atoms. The van der Waals surface area contributed by atoms with Gasteiger partial charge in [0.1, 0.15) is 0 Å². The lowest BCUT2D eigenvalue weighted by Crippen LogP contribution is -2.33. The van der Waals surface area contributed by atoms with Gasteiger partial charge >= 0.3 is 0 Å². The molecule has 5 heteroatoms. The molecule has 1 aliphatic rings. The summed E-state index contributed by atoms with van der Waals surface area (Å²) in [4.78, 5) is 15.7. The number of carbonyl (C=O) groups excluding carboxylic acids is 1. The highest BCUT2D eigenvalue weighted by Crippen LogP contribution is 2.21. The molecule has 0 saturated carbocycles. The second kappa shape index (κ2) is 4.03. The van der Waals surface area contributed by atoms with E-state index in [1.54, 1.807) is 6.19 Å². The van der Waals surface area contributed by atoms with Crippen LogP contribution in [0.1, 0.15) is 17.2 Å². The Morgan fingerprint density at radius 2 is 2.12 bits per heavy atom. The highest BCUT2D eigenvalue weighted by atomic mass is 16.2. The second-order valence-electron chi connectivity index (χ2n) is 3.52. The normalized spacial score (nSPS) is 18.6. The van der Waals surface area contributed by atoms with Crippen molar-refractivity contribution in [1.82, 2.24) is 10.6 Å². The molecule has 1 aromatic rings. The molecule has 0 spiro atoms. The molecule has 0 bridgehead atoms. The number of aliphatic imine (C=N–C) groups is 1. The molecule has 1 aromatic carbocycles. The zero-order valence-corrected chi connectivity index (χ0v) is 8.69. The lowest BCUT2D eigenvalue weighted by Gasteiger charge is -2.04. The summed E-state index contributed by atoms with van der Waals surface area (Å²) in [5.41, 5.74) is 1.94. The van der Waals surface area contributed by atoms with Gasteiger partial charge in [-0.05, 0) is 12.5 Å². The van der Waals surface area contributed by atoms with E-state index in [4.69, 9.17) is 5.26 Å². The van der Waals surface area contributed by atoms with Crippen LogP contribution in [0.5, 0.6) is 0 Å². The number of nitriles is 1. The van der Waals surface area contributed by atoms with Crippen molar-refractivity contribution in [2.45, 2.75) is 13.0 Å². The van der Waals surface area contributed by atoms with Crippen molar-refractivity contribution in [3.8, 4) is 6.19 Å². The number of rotatable bonds is 1. The molecule has 0 saturated heterocycles. The highest BCUT2D eigenvalue weighted by molar-refractivity contribution is 6.05. The fraction of sp³-hybridized carbons (Fsp3) is 0.182. The number of hydrogen-bond acceptors (Lipinski definition) is 4. The third-order valence-electron chi connectivity index (χ3n) is 2.32. The minimum atomic E-state index is -0.559. The molecule has 1 aliphatic heterocycles. The molecule has 0 aromatic heterocycles. The van der Waals surface area contributed by atoms with E-state index in [0.717, 1.165) is 11.1 Å². The van der Waals surface area contributed by atoms with Gasteiger partial charge < -0.3 is 0 Å². The molecule has 2 N–H and O–H groups in total. The maximum absolute atomic E-state index is 11.6. The molecule has 0 fully saturated rings. The summed E-state index contributed by atoms with van der Waals surface area (Å²) in [5, 5.41) is 13.2. The Hall–Kier alpha value is -2.35. The Morgan fingerprint density at radius 1 is 1.44 bits per heavy atom. The number of nitrogens with one attached hydrogen (secondary N) is 2. The van der Waals surface area contributed by atoms with E-state index >= 15 is 0 Å². The van der Waals surface area contributed by atoms with Gasteiger partial charge in [0.05, 0.1) is 0 Å². The summed E-state index contributed by atoms with van der Waals surface area (Å²) < 4.78 is 0. The number of carbonyl (C=O) groups is 1. The zero-order chi connectivity index (χ0) is 11.5. The molecular formula is C11H10N4O. The number of aryl methyl sites for hydroxylation is 1. The number of nitrogens with zero attached hydrogens (tertiary/aromatic N) is 2. The monoisotopic (exact) mass is 214 g/mol. The maximum Gasteiger partial charge on any atom is 0.256 e. The van der Waals surface area contributed by atoms with E-state index in [-0.39, 0.29) is 11.9 Å². The van der Waals surface area contributed by atoms with Crippen molar-refractivity contribution in [3.05, 3.63) is 35.4 Å². The number of benzene rings is 1. The van der Waals surface area contributed by atoms with Gasteiger partial charge in [0.2, 0.25) is 5.96 Å². The van der Waals surface area contributed by atoms with Crippen LogP contribution in [0.4, 0.5) is 0 Å². The van der Waals surface area contributed by atoms with Crippen LogP contribution >= 0.6 is 0 Å². The fourth-order valence-corrected chi connectivity index (χ4v) is 1.50. The van der Waals surface area contributed by atoms with Gasteiger partial charge in [0.25, 0.3) is 5.91 Å². The molecule has 0 radical (unpaired) electrons. The van der Waals surface area contributed by atoms with Crippen molar-refractivity contribution in [1.29, 1.82) is 5.26 Å². The first-order chi connectivity index (χ1) is 7.70. The fourth-order valence-electron chi connectivity index (χ4n) is 1.50. The Labute approximate surface area is 92.8 Å². The number of amides is 1. The van der Waals surface area contributed by atoms with Crippen LogP contribution < -0.4 is 10.6 Å². The minimum absolute atomic E-state index is 0.207. The van der Waals surface area contributed by atoms with E-state index in [1.165, 1.54) is 0 Å². The van der Waals surface area contributed by atoms with E-state index in [0.29, 0.717) is 0 Å². The standard InChI is InChI=1S/C11H10N4O/c1-7-2-4-8(5-3-7)9-10(16)15-11(14-9)13-6-12/h2-5,9H,1H3,(H2,13,14,15,16). The van der Waals surface area contributed by atoms with Crippen molar-refractivity contribution < 1.29 is 4.79 Å². The molecule has 1 atom stereocenters. The second-order valence-corrected chi connectivity index (χ2v) is 3.52. The van der Waals surface area contributed by atoms with Gasteiger partial charge in [-0.1, -0.05) is 29.8 Å². The Bertz CT molecular complexity index is 484. The molecule has 1 amide bonds. The van der Waals surface area contributed by atoms with Gasteiger partial charge in [-0.15, -0.1) is 0 Å². The van der Waals surface area contributed by atoms with E-state index in [9.17, 15) is 4.79 Å².